The number of hydrogen-bond donors (Lipinski definition) is 1. The van der Waals surface area contributed by atoms with Crippen LogP contribution in [0.2, 0.25) is 0 Å². The molecule has 1 aliphatic rings. The summed E-state index contributed by atoms with van der Waals surface area (Å²) in [4.78, 5) is 12.0. The summed E-state index contributed by atoms with van der Waals surface area (Å²) in [6.07, 6.45) is 3.95. The lowest BCUT2D eigenvalue weighted by Crippen LogP contribution is -2.28. The van der Waals surface area contributed by atoms with E-state index in [0.29, 0.717) is 11.8 Å². The van der Waals surface area contributed by atoms with Crippen LogP contribution in [0, 0.1) is 6.92 Å². The Morgan fingerprint density at radius 1 is 1.57 bits per heavy atom. The second-order valence-electron chi connectivity index (χ2n) is 5.22. The normalized spacial score (nSPS) is 15.9. The smallest absolute Gasteiger partial charge is 0.231 e. The monoisotopic (exact) mass is 306 g/mol. The third-order valence-corrected chi connectivity index (χ3v) is 4.37. The number of furan rings is 1. The third-order valence-electron chi connectivity index (χ3n) is 3.43. The number of carbonyl (C=O) groups is 1. The van der Waals surface area contributed by atoms with Crippen LogP contribution < -0.4 is 5.32 Å². The van der Waals surface area contributed by atoms with Crippen LogP contribution in [0.3, 0.4) is 0 Å². The topological polar surface area (TPSA) is 73.0 Å². The zero-order valence-electron chi connectivity index (χ0n) is 12.1. The van der Waals surface area contributed by atoms with E-state index in [4.69, 9.17) is 4.42 Å². The third kappa shape index (κ3) is 3.29. The van der Waals surface area contributed by atoms with Gasteiger partial charge in [0.25, 0.3) is 0 Å². The lowest BCUT2D eigenvalue weighted by atomic mass is 10.2. The molecule has 1 N–H and O–H groups in total. The van der Waals surface area contributed by atoms with Gasteiger partial charge in [-0.1, -0.05) is 11.8 Å². The summed E-state index contributed by atoms with van der Waals surface area (Å²) in [6.45, 7) is 3.85. The maximum Gasteiger partial charge on any atom is 0.231 e. The molecule has 0 bridgehead atoms. The Morgan fingerprint density at radius 3 is 3.05 bits per heavy atom. The summed E-state index contributed by atoms with van der Waals surface area (Å²) in [5, 5.41) is 12.0. The quantitative estimate of drug-likeness (QED) is 0.830. The van der Waals surface area contributed by atoms with E-state index in [1.165, 1.54) is 24.6 Å². The van der Waals surface area contributed by atoms with Gasteiger partial charge in [0, 0.05) is 6.04 Å². The molecule has 1 fully saturated rings. The highest BCUT2D eigenvalue weighted by molar-refractivity contribution is 7.99. The van der Waals surface area contributed by atoms with E-state index in [2.05, 4.69) is 20.1 Å². The molecule has 0 unspecified atom stereocenters. The van der Waals surface area contributed by atoms with Gasteiger partial charge < -0.3 is 14.3 Å². The summed E-state index contributed by atoms with van der Waals surface area (Å²) < 4.78 is 7.41. The van der Waals surface area contributed by atoms with E-state index in [1.807, 2.05) is 26.0 Å². The van der Waals surface area contributed by atoms with E-state index < -0.39 is 0 Å². The SMILES string of the molecule is Cc1nnc(SCC(=O)N[C@@H](C)c2ccco2)n1C1CC1. The molecule has 0 saturated heterocycles. The number of rotatable bonds is 6. The van der Waals surface area contributed by atoms with Crippen molar-refractivity contribution in [3.8, 4) is 0 Å². The molecule has 21 heavy (non-hydrogen) atoms. The first-order valence-electron chi connectivity index (χ1n) is 7.02. The van der Waals surface area contributed by atoms with E-state index in [-0.39, 0.29) is 11.9 Å². The van der Waals surface area contributed by atoms with Crippen LogP contribution in [0.25, 0.3) is 0 Å². The molecule has 1 atom stereocenters. The minimum atomic E-state index is -0.129. The van der Waals surface area contributed by atoms with Gasteiger partial charge in [-0.2, -0.15) is 0 Å². The zero-order chi connectivity index (χ0) is 14.8. The molecule has 3 rings (SSSR count). The summed E-state index contributed by atoms with van der Waals surface area (Å²) >= 11 is 1.43. The van der Waals surface area contributed by atoms with Crippen LogP contribution in [0.5, 0.6) is 0 Å². The first-order valence-corrected chi connectivity index (χ1v) is 8.01. The number of thioether (sulfide) groups is 1. The Labute approximate surface area is 127 Å². The highest BCUT2D eigenvalue weighted by Gasteiger charge is 2.28. The lowest BCUT2D eigenvalue weighted by molar-refractivity contribution is -0.119. The molecule has 6 nitrogen and oxygen atoms in total. The van der Waals surface area contributed by atoms with E-state index in [0.717, 1.165) is 16.7 Å². The molecule has 1 amide bonds. The van der Waals surface area contributed by atoms with Gasteiger partial charge in [-0.25, -0.2) is 0 Å². The van der Waals surface area contributed by atoms with Crippen molar-refractivity contribution in [2.45, 2.75) is 43.9 Å². The van der Waals surface area contributed by atoms with Crippen LogP contribution in [-0.4, -0.2) is 26.4 Å². The summed E-state index contributed by atoms with van der Waals surface area (Å²) in [6, 6.07) is 4.06. The van der Waals surface area contributed by atoms with Crippen molar-refractivity contribution in [1.29, 1.82) is 0 Å². The Hall–Kier alpha value is -1.76. The molecule has 2 aromatic rings. The molecular formula is C14H18N4O2S. The Balaban J connectivity index is 1.54. The Kier molecular flexibility index (Phi) is 4.01. The van der Waals surface area contributed by atoms with Crippen LogP contribution >= 0.6 is 11.8 Å². The van der Waals surface area contributed by atoms with Gasteiger partial charge in [0.05, 0.1) is 18.1 Å². The van der Waals surface area contributed by atoms with Crippen molar-refractivity contribution >= 4 is 17.7 Å². The fourth-order valence-electron chi connectivity index (χ4n) is 2.22. The fraction of sp³-hybridized carbons (Fsp3) is 0.500. The van der Waals surface area contributed by atoms with Crippen molar-refractivity contribution in [2.24, 2.45) is 0 Å². The van der Waals surface area contributed by atoms with E-state index in [1.54, 1.807) is 6.26 Å². The van der Waals surface area contributed by atoms with Crippen LogP contribution in [-0.2, 0) is 4.79 Å². The fourth-order valence-corrected chi connectivity index (χ4v) is 3.09. The number of nitrogens with one attached hydrogen (secondary N) is 1. The van der Waals surface area contributed by atoms with Crippen molar-refractivity contribution < 1.29 is 9.21 Å². The molecule has 7 heteroatoms. The average molecular weight is 306 g/mol. The van der Waals surface area contributed by atoms with E-state index >= 15 is 0 Å². The second kappa shape index (κ2) is 5.93. The van der Waals surface area contributed by atoms with Gasteiger partial charge >= 0.3 is 0 Å². The van der Waals surface area contributed by atoms with Crippen molar-refractivity contribution in [2.75, 3.05) is 5.75 Å². The molecular weight excluding hydrogens is 288 g/mol. The number of amides is 1. The minimum absolute atomic E-state index is 0.0353. The van der Waals surface area contributed by atoms with Crippen molar-refractivity contribution in [3.05, 3.63) is 30.0 Å². The first kappa shape index (κ1) is 14.2. The van der Waals surface area contributed by atoms with Crippen molar-refractivity contribution in [1.82, 2.24) is 20.1 Å². The largest absolute Gasteiger partial charge is 0.467 e. The molecule has 2 heterocycles. The van der Waals surface area contributed by atoms with Gasteiger partial charge in [0.2, 0.25) is 5.91 Å². The van der Waals surface area contributed by atoms with Gasteiger partial charge in [0.15, 0.2) is 5.16 Å². The average Bonchev–Trinajstić information content (AvgIpc) is 3.01. The molecule has 1 saturated carbocycles. The highest BCUT2D eigenvalue weighted by atomic mass is 32.2. The number of nitrogens with zero attached hydrogens (tertiary/aromatic N) is 3. The maximum atomic E-state index is 12.0. The number of aryl methyl sites for hydroxylation is 1. The maximum absolute atomic E-state index is 12.0. The number of hydrogen-bond acceptors (Lipinski definition) is 5. The van der Waals surface area contributed by atoms with Crippen molar-refractivity contribution in [3.63, 3.8) is 0 Å². The zero-order valence-corrected chi connectivity index (χ0v) is 12.9. The van der Waals surface area contributed by atoms with E-state index in [9.17, 15) is 4.79 Å². The van der Waals surface area contributed by atoms with Crippen LogP contribution in [0.1, 0.15) is 43.4 Å². The van der Waals surface area contributed by atoms with Gasteiger partial charge in [0.1, 0.15) is 11.6 Å². The predicted octanol–water partition coefficient (Wildman–Crippen LogP) is 2.48. The standard InChI is InChI=1S/C14H18N4O2S/c1-9(12-4-3-7-20-12)15-13(19)8-21-14-17-16-10(2)18(14)11-5-6-11/h3-4,7,9,11H,5-6,8H2,1-2H3,(H,15,19)/t9-/m0/s1. The Morgan fingerprint density at radius 2 is 2.38 bits per heavy atom. The lowest BCUT2D eigenvalue weighted by Gasteiger charge is -2.11. The predicted molar refractivity (Wildman–Crippen MR) is 79.0 cm³/mol. The first-order chi connectivity index (χ1) is 10.1. The minimum Gasteiger partial charge on any atom is -0.467 e. The van der Waals surface area contributed by atoms with Crippen LogP contribution in [0.4, 0.5) is 0 Å². The molecule has 0 spiro atoms. The summed E-state index contributed by atoms with van der Waals surface area (Å²) in [5.74, 6) is 1.97. The summed E-state index contributed by atoms with van der Waals surface area (Å²) in [5.41, 5.74) is 0. The van der Waals surface area contributed by atoms with Gasteiger partial charge in [-0.05, 0) is 38.8 Å². The molecule has 0 aromatic carbocycles. The number of aromatic nitrogens is 3. The molecule has 112 valence electrons. The van der Waals surface area contributed by atoms with Gasteiger partial charge in [-0.3, -0.25) is 4.79 Å². The molecule has 2 aromatic heterocycles. The molecule has 0 radical (unpaired) electrons. The van der Waals surface area contributed by atoms with Crippen LogP contribution in [0.15, 0.2) is 28.0 Å². The second-order valence-corrected chi connectivity index (χ2v) is 6.17. The van der Waals surface area contributed by atoms with Gasteiger partial charge in [-0.15, -0.1) is 10.2 Å². The Bertz CT molecular complexity index is 619. The number of carbonyl (C=O) groups excluding carboxylic acids is 1. The highest BCUT2D eigenvalue weighted by Crippen LogP contribution is 2.38. The molecule has 1 aliphatic carbocycles. The summed E-state index contributed by atoms with van der Waals surface area (Å²) in [7, 11) is 0. The molecule has 0 aliphatic heterocycles.